The molecule has 0 spiro atoms. The molecular formula is C24H33N3O4S. The van der Waals surface area contributed by atoms with E-state index in [-0.39, 0.29) is 19.0 Å². The highest BCUT2D eigenvalue weighted by Crippen LogP contribution is 2.23. The highest BCUT2D eigenvalue weighted by Gasteiger charge is 2.31. The Bertz CT molecular complexity index is 1040. The molecule has 0 aliphatic rings. The number of carbonyl (C=O) groups excluding carboxylic acids is 2. The molecule has 0 radical (unpaired) electrons. The first kappa shape index (κ1) is 25.4. The summed E-state index contributed by atoms with van der Waals surface area (Å²) >= 11 is 0. The third-order valence-corrected chi connectivity index (χ3v) is 6.40. The van der Waals surface area contributed by atoms with Crippen molar-refractivity contribution in [3.63, 3.8) is 0 Å². The van der Waals surface area contributed by atoms with E-state index in [0.717, 1.165) is 27.3 Å². The van der Waals surface area contributed by atoms with Gasteiger partial charge in [-0.3, -0.25) is 13.9 Å². The van der Waals surface area contributed by atoms with E-state index in [1.165, 1.54) is 4.90 Å². The van der Waals surface area contributed by atoms with Crippen LogP contribution in [0.5, 0.6) is 0 Å². The summed E-state index contributed by atoms with van der Waals surface area (Å²) in [6.07, 6.45) is 1.49. The summed E-state index contributed by atoms with van der Waals surface area (Å²) in [5.41, 5.74) is 3.15. The van der Waals surface area contributed by atoms with Crippen LogP contribution in [-0.2, 0) is 26.2 Å². The Labute approximate surface area is 191 Å². The number of nitrogens with one attached hydrogen (secondary N) is 1. The smallest absolute Gasteiger partial charge is 0.244 e. The predicted molar refractivity (Wildman–Crippen MR) is 128 cm³/mol. The molecule has 2 rings (SSSR count). The number of aryl methyl sites for hydroxylation is 2. The van der Waals surface area contributed by atoms with Gasteiger partial charge in [0.05, 0.1) is 11.9 Å². The number of nitrogens with zero attached hydrogens (tertiary/aromatic N) is 2. The minimum Gasteiger partial charge on any atom is -0.355 e. The normalized spacial score (nSPS) is 12.2. The van der Waals surface area contributed by atoms with Crippen molar-refractivity contribution in [1.82, 2.24) is 10.2 Å². The standard InChI is InChI=1S/C24H33N3O4S/c1-6-21(24(29)25-7-2)26(16-20-14-12-18(3)13-15-20)23(28)17-27(32(5,30)31)22-11-9-8-10-19(22)4/h8-15,21H,6-7,16-17H2,1-5H3,(H,25,29)/t21-/m0/s1. The molecule has 0 fully saturated rings. The van der Waals surface area contributed by atoms with Gasteiger partial charge in [0.25, 0.3) is 0 Å². The fraction of sp³-hybridized carbons (Fsp3) is 0.417. The van der Waals surface area contributed by atoms with E-state index in [2.05, 4.69) is 5.32 Å². The van der Waals surface area contributed by atoms with Crippen LogP contribution in [0.15, 0.2) is 48.5 Å². The minimum atomic E-state index is -3.73. The maximum absolute atomic E-state index is 13.5. The number of benzene rings is 2. The maximum atomic E-state index is 13.5. The molecular weight excluding hydrogens is 426 g/mol. The lowest BCUT2D eigenvalue weighted by molar-refractivity contribution is -0.140. The molecule has 0 unspecified atom stereocenters. The van der Waals surface area contributed by atoms with E-state index in [9.17, 15) is 18.0 Å². The van der Waals surface area contributed by atoms with Gasteiger partial charge in [0.1, 0.15) is 12.6 Å². The van der Waals surface area contributed by atoms with Crippen LogP contribution in [0.2, 0.25) is 0 Å². The molecule has 174 valence electrons. The van der Waals surface area contributed by atoms with Gasteiger partial charge >= 0.3 is 0 Å². The quantitative estimate of drug-likeness (QED) is 0.592. The topological polar surface area (TPSA) is 86.8 Å². The number of para-hydroxylation sites is 1. The molecule has 1 atom stereocenters. The second-order valence-corrected chi connectivity index (χ2v) is 9.79. The Hall–Kier alpha value is -2.87. The summed E-state index contributed by atoms with van der Waals surface area (Å²) in [4.78, 5) is 27.7. The average molecular weight is 460 g/mol. The van der Waals surface area contributed by atoms with Crippen LogP contribution in [0.4, 0.5) is 5.69 Å². The molecule has 2 aromatic carbocycles. The third kappa shape index (κ3) is 6.56. The summed E-state index contributed by atoms with van der Waals surface area (Å²) in [5, 5.41) is 2.79. The first-order valence-electron chi connectivity index (χ1n) is 10.7. The Balaban J connectivity index is 2.43. The molecule has 2 amide bonds. The highest BCUT2D eigenvalue weighted by molar-refractivity contribution is 7.92. The second kappa shape index (κ2) is 11.1. The van der Waals surface area contributed by atoms with E-state index in [1.54, 1.807) is 25.1 Å². The molecule has 0 heterocycles. The molecule has 8 heteroatoms. The van der Waals surface area contributed by atoms with Crippen molar-refractivity contribution in [2.24, 2.45) is 0 Å². The first-order chi connectivity index (χ1) is 15.1. The Morgan fingerprint density at radius 3 is 2.16 bits per heavy atom. The number of anilines is 1. The molecule has 0 saturated carbocycles. The molecule has 0 aliphatic carbocycles. The van der Waals surface area contributed by atoms with Gasteiger partial charge in [0, 0.05) is 13.1 Å². The zero-order valence-corrected chi connectivity index (χ0v) is 20.3. The lowest BCUT2D eigenvalue weighted by Crippen LogP contribution is -2.52. The first-order valence-corrected chi connectivity index (χ1v) is 12.6. The molecule has 1 N–H and O–H groups in total. The Morgan fingerprint density at radius 1 is 1.00 bits per heavy atom. The fourth-order valence-electron chi connectivity index (χ4n) is 3.54. The van der Waals surface area contributed by atoms with E-state index in [1.807, 2.05) is 51.1 Å². The Morgan fingerprint density at radius 2 is 1.62 bits per heavy atom. The number of sulfonamides is 1. The van der Waals surface area contributed by atoms with Crippen LogP contribution in [0.1, 0.15) is 37.0 Å². The van der Waals surface area contributed by atoms with Crippen molar-refractivity contribution < 1.29 is 18.0 Å². The van der Waals surface area contributed by atoms with Gasteiger partial charge in [-0.2, -0.15) is 0 Å². The van der Waals surface area contributed by atoms with Crippen molar-refractivity contribution in [2.75, 3.05) is 23.7 Å². The second-order valence-electron chi connectivity index (χ2n) is 7.88. The monoisotopic (exact) mass is 459 g/mol. The maximum Gasteiger partial charge on any atom is 0.244 e. The van der Waals surface area contributed by atoms with Gasteiger partial charge in [-0.1, -0.05) is 55.0 Å². The molecule has 0 aromatic heterocycles. The van der Waals surface area contributed by atoms with Crippen LogP contribution in [0.25, 0.3) is 0 Å². The third-order valence-electron chi connectivity index (χ3n) is 5.27. The van der Waals surface area contributed by atoms with Crippen LogP contribution in [0.3, 0.4) is 0 Å². The predicted octanol–water partition coefficient (Wildman–Crippen LogP) is 3.01. The molecule has 0 bridgehead atoms. The van der Waals surface area contributed by atoms with Crippen molar-refractivity contribution in [1.29, 1.82) is 0 Å². The summed E-state index contributed by atoms with van der Waals surface area (Å²) < 4.78 is 26.3. The van der Waals surface area contributed by atoms with Crippen molar-refractivity contribution in [3.8, 4) is 0 Å². The van der Waals surface area contributed by atoms with E-state index in [4.69, 9.17) is 0 Å². The van der Waals surface area contributed by atoms with Gasteiger partial charge in [-0.05, 0) is 44.4 Å². The summed E-state index contributed by atoms with van der Waals surface area (Å²) in [7, 11) is -3.73. The number of rotatable bonds is 10. The minimum absolute atomic E-state index is 0.208. The molecule has 2 aromatic rings. The van der Waals surface area contributed by atoms with Gasteiger partial charge in [0.2, 0.25) is 21.8 Å². The summed E-state index contributed by atoms with van der Waals surface area (Å²) in [6.45, 7) is 7.70. The van der Waals surface area contributed by atoms with Gasteiger partial charge in [0.15, 0.2) is 0 Å². The number of hydrogen-bond acceptors (Lipinski definition) is 4. The largest absolute Gasteiger partial charge is 0.355 e. The number of likely N-dealkylation sites (N-methyl/N-ethyl adjacent to an activating group) is 1. The van der Waals surface area contributed by atoms with Gasteiger partial charge in [-0.25, -0.2) is 8.42 Å². The summed E-state index contributed by atoms with van der Waals surface area (Å²) in [5.74, 6) is -0.686. The SMILES string of the molecule is CCNC(=O)[C@H](CC)N(Cc1ccc(C)cc1)C(=O)CN(c1ccccc1C)S(C)(=O)=O. The zero-order chi connectivity index (χ0) is 23.9. The molecule has 0 aliphatic heterocycles. The van der Waals surface area contributed by atoms with Crippen molar-refractivity contribution in [2.45, 2.75) is 46.7 Å². The number of carbonyl (C=O) groups is 2. The average Bonchev–Trinajstić information content (AvgIpc) is 2.73. The van der Waals surface area contributed by atoms with Crippen molar-refractivity contribution >= 4 is 27.5 Å². The van der Waals surface area contributed by atoms with Crippen LogP contribution in [-0.4, -0.2) is 50.5 Å². The lowest BCUT2D eigenvalue weighted by Gasteiger charge is -2.33. The van der Waals surface area contributed by atoms with Crippen LogP contribution >= 0.6 is 0 Å². The summed E-state index contributed by atoms with van der Waals surface area (Å²) in [6, 6.07) is 14.0. The zero-order valence-electron chi connectivity index (χ0n) is 19.5. The lowest BCUT2D eigenvalue weighted by atomic mass is 10.1. The highest BCUT2D eigenvalue weighted by atomic mass is 32.2. The molecule has 32 heavy (non-hydrogen) atoms. The molecule has 7 nitrogen and oxygen atoms in total. The van der Waals surface area contributed by atoms with E-state index < -0.39 is 22.0 Å². The van der Waals surface area contributed by atoms with Gasteiger partial charge < -0.3 is 10.2 Å². The van der Waals surface area contributed by atoms with E-state index >= 15 is 0 Å². The van der Waals surface area contributed by atoms with Crippen molar-refractivity contribution in [3.05, 3.63) is 65.2 Å². The van der Waals surface area contributed by atoms with Crippen LogP contribution < -0.4 is 9.62 Å². The Kier molecular flexibility index (Phi) is 8.83. The number of amides is 2. The molecule has 0 saturated heterocycles. The van der Waals surface area contributed by atoms with E-state index in [0.29, 0.717) is 18.7 Å². The van der Waals surface area contributed by atoms with Gasteiger partial charge in [-0.15, -0.1) is 0 Å². The fourth-order valence-corrected chi connectivity index (χ4v) is 4.45. The number of hydrogen-bond donors (Lipinski definition) is 1. The van der Waals surface area contributed by atoms with Crippen LogP contribution in [0, 0.1) is 13.8 Å².